The molecule has 0 radical (unpaired) electrons. The first-order valence-corrected chi connectivity index (χ1v) is 5.51. The monoisotopic (exact) mass is 235 g/mol. The van der Waals surface area contributed by atoms with Crippen LogP contribution < -0.4 is 11.3 Å². The Balaban J connectivity index is 1.94. The number of nitrogens with zero attached hydrogens (tertiary/aromatic N) is 5. The third-order valence-corrected chi connectivity index (χ3v) is 2.84. The van der Waals surface area contributed by atoms with Crippen molar-refractivity contribution in [2.75, 3.05) is 12.0 Å². The average Bonchev–Trinajstić information content (AvgIpc) is 2.99. The molecule has 1 saturated heterocycles. The van der Waals surface area contributed by atoms with Gasteiger partial charge in [-0.25, -0.2) is 20.5 Å². The van der Waals surface area contributed by atoms with Crippen molar-refractivity contribution in [1.82, 2.24) is 25.0 Å². The van der Waals surface area contributed by atoms with E-state index in [9.17, 15) is 0 Å². The van der Waals surface area contributed by atoms with Crippen LogP contribution in [0, 0.1) is 0 Å². The van der Waals surface area contributed by atoms with Gasteiger partial charge >= 0.3 is 0 Å². The van der Waals surface area contributed by atoms with Gasteiger partial charge in [-0.2, -0.15) is 0 Å². The number of hydrogen-bond acceptors (Lipinski definition) is 7. The number of nitrogen functional groups attached to an aromatic ring is 1. The van der Waals surface area contributed by atoms with Crippen molar-refractivity contribution >= 4 is 17.0 Å². The van der Waals surface area contributed by atoms with Crippen molar-refractivity contribution in [3.05, 3.63) is 6.33 Å². The van der Waals surface area contributed by atoms with Crippen molar-refractivity contribution in [2.24, 2.45) is 5.84 Å². The standard InChI is InChI=1S/C9H13N7O/c10-13-8-7-9(12-5-11-8)16(15-14-7)4-6-2-1-3-17-6/h5-6H,1-4,10H2,(H,11,12,13). The smallest absolute Gasteiger partial charge is 0.183 e. The van der Waals surface area contributed by atoms with Gasteiger partial charge in [-0.1, -0.05) is 5.21 Å². The van der Waals surface area contributed by atoms with E-state index >= 15 is 0 Å². The fourth-order valence-electron chi connectivity index (χ4n) is 2.00. The minimum atomic E-state index is 0.198. The van der Waals surface area contributed by atoms with Crippen molar-refractivity contribution < 1.29 is 4.74 Å². The van der Waals surface area contributed by atoms with Crippen LogP contribution in [0.4, 0.5) is 5.82 Å². The number of ether oxygens (including phenoxy) is 1. The maximum atomic E-state index is 5.56. The Morgan fingerprint density at radius 1 is 1.53 bits per heavy atom. The largest absolute Gasteiger partial charge is 0.376 e. The van der Waals surface area contributed by atoms with Crippen molar-refractivity contribution in [3.63, 3.8) is 0 Å². The summed E-state index contributed by atoms with van der Waals surface area (Å²) >= 11 is 0. The van der Waals surface area contributed by atoms with Crippen LogP contribution in [-0.4, -0.2) is 37.7 Å². The molecule has 2 aromatic rings. The molecule has 90 valence electrons. The Bertz CT molecular complexity index is 519. The first-order chi connectivity index (χ1) is 8.38. The summed E-state index contributed by atoms with van der Waals surface area (Å²) in [5.41, 5.74) is 3.73. The molecule has 17 heavy (non-hydrogen) atoms. The Morgan fingerprint density at radius 3 is 3.24 bits per heavy atom. The molecule has 0 aliphatic carbocycles. The van der Waals surface area contributed by atoms with Crippen LogP contribution in [0.3, 0.4) is 0 Å². The normalized spacial score (nSPS) is 19.9. The molecule has 1 aliphatic heterocycles. The van der Waals surface area contributed by atoms with Gasteiger partial charge in [0, 0.05) is 6.61 Å². The first-order valence-electron chi connectivity index (χ1n) is 5.51. The minimum Gasteiger partial charge on any atom is -0.376 e. The molecule has 1 atom stereocenters. The maximum absolute atomic E-state index is 5.56. The topological polar surface area (TPSA) is 104 Å². The highest BCUT2D eigenvalue weighted by atomic mass is 16.5. The van der Waals surface area contributed by atoms with Gasteiger partial charge < -0.3 is 10.2 Å². The zero-order valence-electron chi connectivity index (χ0n) is 9.20. The molecule has 8 nitrogen and oxygen atoms in total. The van der Waals surface area contributed by atoms with Gasteiger partial charge in [0.15, 0.2) is 17.0 Å². The Labute approximate surface area is 97.1 Å². The van der Waals surface area contributed by atoms with Crippen LogP contribution >= 0.6 is 0 Å². The summed E-state index contributed by atoms with van der Waals surface area (Å²) in [6.07, 6.45) is 3.78. The summed E-state index contributed by atoms with van der Waals surface area (Å²) in [5.74, 6) is 5.83. The van der Waals surface area contributed by atoms with Gasteiger partial charge in [-0.3, -0.25) is 0 Å². The third kappa shape index (κ3) is 1.81. The summed E-state index contributed by atoms with van der Waals surface area (Å²) in [6, 6.07) is 0. The number of aromatic nitrogens is 5. The summed E-state index contributed by atoms with van der Waals surface area (Å²) in [6.45, 7) is 1.49. The van der Waals surface area contributed by atoms with Gasteiger partial charge in [0.1, 0.15) is 6.33 Å². The molecule has 1 unspecified atom stereocenters. The van der Waals surface area contributed by atoms with Gasteiger partial charge in [-0.15, -0.1) is 5.10 Å². The second kappa shape index (κ2) is 4.22. The van der Waals surface area contributed by atoms with Gasteiger partial charge in [0.25, 0.3) is 0 Å². The highest BCUT2D eigenvalue weighted by Gasteiger charge is 2.19. The van der Waals surface area contributed by atoms with Crippen LogP contribution in [0.15, 0.2) is 6.33 Å². The second-order valence-corrected chi connectivity index (χ2v) is 3.95. The third-order valence-electron chi connectivity index (χ3n) is 2.84. The molecule has 0 bridgehead atoms. The fourth-order valence-corrected chi connectivity index (χ4v) is 2.00. The molecule has 8 heteroatoms. The van der Waals surface area contributed by atoms with Crippen molar-refractivity contribution in [1.29, 1.82) is 0 Å². The van der Waals surface area contributed by atoms with E-state index in [1.807, 2.05) is 0 Å². The molecule has 1 fully saturated rings. The number of hydrazine groups is 1. The molecular formula is C9H13N7O. The van der Waals surface area contributed by atoms with E-state index in [-0.39, 0.29) is 6.10 Å². The number of nitrogens with one attached hydrogen (secondary N) is 1. The summed E-state index contributed by atoms with van der Waals surface area (Å²) in [5, 5.41) is 8.08. The summed E-state index contributed by atoms with van der Waals surface area (Å²) in [7, 11) is 0. The summed E-state index contributed by atoms with van der Waals surface area (Å²) in [4.78, 5) is 8.14. The lowest BCUT2D eigenvalue weighted by Crippen LogP contribution is -2.16. The Morgan fingerprint density at radius 2 is 2.47 bits per heavy atom. The van der Waals surface area contributed by atoms with Crippen molar-refractivity contribution in [3.8, 4) is 0 Å². The molecule has 0 spiro atoms. The zero-order chi connectivity index (χ0) is 11.7. The second-order valence-electron chi connectivity index (χ2n) is 3.95. The lowest BCUT2D eigenvalue weighted by molar-refractivity contribution is 0.0944. The lowest BCUT2D eigenvalue weighted by Gasteiger charge is -2.08. The van der Waals surface area contributed by atoms with Crippen molar-refractivity contribution in [2.45, 2.75) is 25.5 Å². The number of fused-ring (bicyclic) bond motifs is 1. The highest BCUT2D eigenvalue weighted by Crippen LogP contribution is 2.18. The average molecular weight is 235 g/mol. The van der Waals surface area contributed by atoms with E-state index < -0.39 is 0 Å². The fraction of sp³-hybridized carbons (Fsp3) is 0.556. The number of anilines is 1. The Kier molecular flexibility index (Phi) is 2.57. The van der Waals surface area contributed by atoms with E-state index in [0.717, 1.165) is 19.4 Å². The number of hydrogen-bond donors (Lipinski definition) is 2. The predicted molar refractivity (Wildman–Crippen MR) is 59.9 cm³/mol. The highest BCUT2D eigenvalue weighted by molar-refractivity contribution is 5.81. The predicted octanol–water partition coefficient (Wildman–Crippen LogP) is -0.314. The van der Waals surface area contributed by atoms with Crippen LogP contribution in [0.25, 0.3) is 11.2 Å². The van der Waals surface area contributed by atoms with Crippen LogP contribution in [0.2, 0.25) is 0 Å². The molecule has 0 saturated carbocycles. The van der Waals surface area contributed by atoms with Gasteiger partial charge in [-0.05, 0) is 12.8 Å². The van der Waals surface area contributed by atoms with Gasteiger partial charge in [0.2, 0.25) is 0 Å². The molecule has 0 amide bonds. The van der Waals surface area contributed by atoms with E-state index in [2.05, 4.69) is 25.7 Å². The van der Waals surface area contributed by atoms with E-state index in [4.69, 9.17) is 10.6 Å². The summed E-state index contributed by atoms with van der Waals surface area (Å²) < 4.78 is 7.29. The van der Waals surface area contributed by atoms with E-state index in [0.29, 0.717) is 23.5 Å². The molecule has 3 rings (SSSR count). The molecule has 3 N–H and O–H groups in total. The van der Waals surface area contributed by atoms with Crippen LogP contribution in [-0.2, 0) is 11.3 Å². The quantitative estimate of drug-likeness (QED) is 0.555. The van der Waals surface area contributed by atoms with Crippen LogP contribution in [0.1, 0.15) is 12.8 Å². The molecule has 2 aromatic heterocycles. The molecular weight excluding hydrogens is 222 g/mol. The number of nitrogens with two attached hydrogens (primary N) is 1. The molecule has 0 aromatic carbocycles. The van der Waals surface area contributed by atoms with Crippen LogP contribution in [0.5, 0.6) is 0 Å². The lowest BCUT2D eigenvalue weighted by atomic mass is 10.2. The maximum Gasteiger partial charge on any atom is 0.183 e. The number of rotatable bonds is 3. The van der Waals surface area contributed by atoms with E-state index in [1.54, 1.807) is 4.68 Å². The first kappa shape index (κ1) is 10.4. The zero-order valence-corrected chi connectivity index (χ0v) is 9.20. The molecule has 3 heterocycles. The van der Waals surface area contributed by atoms with E-state index in [1.165, 1.54) is 6.33 Å². The SMILES string of the molecule is NNc1ncnc2c1nnn2CC1CCCO1. The Hall–Kier alpha value is -1.80. The minimum absolute atomic E-state index is 0.198. The molecule has 1 aliphatic rings. The van der Waals surface area contributed by atoms with Gasteiger partial charge in [0.05, 0.1) is 12.6 Å².